The molecule has 1 aromatic heterocycles. The van der Waals surface area contributed by atoms with Crippen molar-refractivity contribution in [2.24, 2.45) is 5.92 Å². The van der Waals surface area contributed by atoms with Gasteiger partial charge in [0.25, 0.3) is 0 Å². The lowest BCUT2D eigenvalue weighted by Gasteiger charge is -2.25. The predicted octanol–water partition coefficient (Wildman–Crippen LogP) is 2.63. The highest BCUT2D eigenvalue weighted by Crippen LogP contribution is 2.28. The number of likely N-dealkylation sites (tertiary alicyclic amines) is 1. The largest absolute Gasteiger partial charge is 0.335 e. The monoisotopic (exact) mass is 309 g/mol. The summed E-state index contributed by atoms with van der Waals surface area (Å²) in [7, 11) is 0. The zero-order valence-electron chi connectivity index (χ0n) is 13.0. The van der Waals surface area contributed by atoms with Crippen LogP contribution >= 0.6 is 0 Å². The molecule has 0 spiro atoms. The molecular formula is C18H19N3O2. The number of carbonyl (C=O) groups excluding carboxylic acids is 2. The van der Waals surface area contributed by atoms with Crippen molar-refractivity contribution in [3.63, 3.8) is 0 Å². The SMILES string of the molecule is CC(c1ccccc1)N1CC(C(=O)Nc2ccccn2)CC1=O. The summed E-state index contributed by atoms with van der Waals surface area (Å²) in [6, 6.07) is 15.2. The van der Waals surface area contributed by atoms with Gasteiger partial charge < -0.3 is 10.2 Å². The van der Waals surface area contributed by atoms with Crippen LogP contribution in [0, 0.1) is 5.92 Å². The first-order valence-corrected chi connectivity index (χ1v) is 7.71. The highest BCUT2D eigenvalue weighted by molar-refractivity contribution is 5.96. The Morgan fingerprint density at radius 3 is 2.65 bits per heavy atom. The summed E-state index contributed by atoms with van der Waals surface area (Å²) in [6.45, 7) is 2.43. The van der Waals surface area contributed by atoms with Crippen LogP contribution in [0.1, 0.15) is 24.9 Å². The molecule has 1 aliphatic rings. The van der Waals surface area contributed by atoms with Crippen molar-refractivity contribution in [2.75, 3.05) is 11.9 Å². The first-order valence-electron chi connectivity index (χ1n) is 7.71. The van der Waals surface area contributed by atoms with E-state index in [0.717, 1.165) is 5.56 Å². The number of anilines is 1. The minimum absolute atomic E-state index is 0.0162. The van der Waals surface area contributed by atoms with Crippen molar-refractivity contribution in [3.05, 3.63) is 60.3 Å². The van der Waals surface area contributed by atoms with Crippen LogP contribution in [0.5, 0.6) is 0 Å². The van der Waals surface area contributed by atoms with Gasteiger partial charge in [0.2, 0.25) is 11.8 Å². The maximum atomic E-state index is 12.3. The molecule has 1 N–H and O–H groups in total. The summed E-state index contributed by atoms with van der Waals surface area (Å²) >= 11 is 0. The van der Waals surface area contributed by atoms with Gasteiger partial charge in [-0.2, -0.15) is 0 Å². The van der Waals surface area contributed by atoms with Crippen LogP contribution in [0.3, 0.4) is 0 Å². The molecule has 23 heavy (non-hydrogen) atoms. The van der Waals surface area contributed by atoms with E-state index < -0.39 is 0 Å². The summed E-state index contributed by atoms with van der Waals surface area (Å²) in [6.07, 6.45) is 1.87. The van der Waals surface area contributed by atoms with Gasteiger partial charge in [0.1, 0.15) is 5.82 Å². The predicted molar refractivity (Wildman–Crippen MR) is 87.5 cm³/mol. The average Bonchev–Trinajstić information content (AvgIpc) is 2.98. The summed E-state index contributed by atoms with van der Waals surface area (Å²) in [5.41, 5.74) is 1.08. The molecule has 0 saturated carbocycles. The molecule has 5 heteroatoms. The van der Waals surface area contributed by atoms with Crippen LogP contribution in [0.2, 0.25) is 0 Å². The van der Waals surface area contributed by atoms with Gasteiger partial charge in [0, 0.05) is 19.2 Å². The van der Waals surface area contributed by atoms with Crippen molar-refractivity contribution in [3.8, 4) is 0 Å². The minimum Gasteiger partial charge on any atom is -0.335 e. The van der Waals surface area contributed by atoms with Crippen molar-refractivity contribution < 1.29 is 9.59 Å². The van der Waals surface area contributed by atoms with Crippen LogP contribution in [-0.2, 0) is 9.59 Å². The Kier molecular flexibility index (Phi) is 4.37. The molecule has 118 valence electrons. The van der Waals surface area contributed by atoms with Gasteiger partial charge in [0.05, 0.1) is 12.0 Å². The maximum Gasteiger partial charge on any atom is 0.230 e. The molecule has 5 nitrogen and oxygen atoms in total. The molecule has 0 radical (unpaired) electrons. The van der Waals surface area contributed by atoms with E-state index in [1.807, 2.05) is 43.3 Å². The number of hydrogen-bond donors (Lipinski definition) is 1. The van der Waals surface area contributed by atoms with Crippen LogP contribution < -0.4 is 5.32 Å². The Bertz CT molecular complexity index is 688. The molecule has 2 amide bonds. The number of nitrogens with one attached hydrogen (secondary N) is 1. The normalized spacial score (nSPS) is 18.7. The van der Waals surface area contributed by atoms with E-state index in [-0.39, 0.29) is 30.2 Å². The molecule has 2 aromatic rings. The van der Waals surface area contributed by atoms with Gasteiger partial charge >= 0.3 is 0 Å². The average molecular weight is 309 g/mol. The molecule has 1 saturated heterocycles. The second-order valence-corrected chi connectivity index (χ2v) is 5.74. The fraction of sp³-hybridized carbons (Fsp3) is 0.278. The second-order valence-electron chi connectivity index (χ2n) is 5.74. The molecule has 1 fully saturated rings. The lowest BCUT2D eigenvalue weighted by atomic mass is 10.1. The van der Waals surface area contributed by atoms with Crippen molar-refractivity contribution in [1.82, 2.24) is 9.88 Å². The summed E-state index contributed by atoms with van der Waals surface area (Å²) in [5.74, 6) is 0.0394. The first-order chi connectivity index (χ1) is 11.1. The van der Waals surface area contributed by atoms with Gasteiger partial charge in [-0.05, 0) is 24.6 Å². The fourth-order valence-electron chi connectivity index (χ4n) is 2.86. The van der Waals surface area contributed by atoms with E-state index in [4.69, 9.17) is 0 Å². The molecule has 1 aliphatic heterocycles. The van der Waals surface area contributed by atoms with Crippen molar-refractivity contribution in [1.29, 1.82) is 0 Å². The number of rotatable bonds is 4. The Labute approximate surface area is 135 Å². The summed E-state index contributed by atoms with van der Waals surface area (Å²) in [5, 5.41) is 2.77. The number of carbonyl (C=O) groups is 2. The number of amides is 2. The van der Waals surface area contributed by atoms with E-state index in [2.05, 4.69) is 10.3 Å². The Morgan fingerprint density at radius 1 is 1.22 bits per heavy atom. The maximum absolute atomic E-state index is 12.3. The smallest absolute Gasteiger partial charge is 0.230 e. The van der Waals surface area contributed by atoms with Crippen LogP contribution in [0.15, 0.2) is 54.7 Å². The van der Waals surface area contributed by atoms with E-state index >= 15 is 0 Å². The van der Waals surface area contributed by atoms with Gasteiger partial charge in [-0.3, -0.25) is 9.59 Å². The molecule has 2 unspecified atom stereocenters. The Balaban J connectivity index is 1.66. The van der Waals surface area contributed by atoms with Gasteiger partial charge in [-0.25, -0.2) is 4.98 Å². The van der Waals surface area contributed by atoms with E-state index in [1.165, 1.54) is 0 Å². The third kappa shape index (κ3) is 3.39. The number of benzene rings is 1. The first kappa shape index (κ1) is 15.2. The standard InChI is InChI=1S/C18H19N3O2/c1-13(14-7-3-2-4-8-14)21-12-15(11-17(21)22)18(23)20-16-9-5-6-10-19-16/h2-10,13,15H,11-12H2,1H3,(H,19,20,23). The molecular weight excluding hydrogens is 290 g/mol. The van der Waals surface area contributed by atoms with Crippen LogP contribution in [-0.4, -0.2) is 28.2 Å². The molecule has 0 aliphatic carbocycles. The Hall–Kier alpha value is -2.69. The highest BCUT2D eigenvalue weighted by atomic mass is 16.2. The van der Waals surface area contributed by atoms with Gasteiger partial charge in [0.15, 0.2) is 0 Å². The summed E-state index contributed by atoms with van der Waals surface area (Å²) in [4.78, 5) is 30.5. The molecule has 1 aromatic carbocycles. The summed E-state index contributed by atoms with van der Waals surface area (Å²) < 4.78 is 0. The van der Waals surface area contributed by atoms with E-state index in [9.17, 15) is 9.59 Å². The molecule has 2 atom stereocenters. The number of aromatic nitrogens is 1. The number of hydrogen-bond acceptors (Lipinski definition) is 3. The Morgan fingerprint density at radius 2 is 1.96 bits per heavy atom. The molecule has 3 rings (SSSR count). The number of nitrogens with zero attached hydrogens (tertiary/aromatic N) is 2. The zero-order valence-corrected chi connectivity index (χ0v) is 13.0. The minimum atomic E-state index is -0.337. The molecule has 0 bridgehead atoms. The zero-order chi connectivity index (χ0) is 16.2. The quantitative estimate of drug-likeness (QED) is 0.944. The fourth-order valence-corrected chi connectivity index (χ4v) is 2.86. The highest BCUT2D eigenvalue weighted by Gasteiger charge is 2.37. The van der Waals surface area contributed by atoms with Crippen molar-refractivity contribution in [2.45, 2.75) is 19.4 Å². The van der Waals surface area contributed by atoms with Gasteiger partial charge in [-0.15, -0.1) is 0 Å². The van der Waals surface area contributed by atoms with Crippen molar-refractivity contribution >= 4 is 17.6 Å². The third-order valence-corrected chi connectivity index (χ3v) is 4.19. The lowest BCUT2D eigenvalue weighted by molar-refractivity contribution is -0.129. The second kappa shape index (κ2) is 6.60. The number of pyridine rings is 1. The van der Waals surface area contributed by atoms with E-state index in [0.29, 0.717) is 12.4 Å². The topological polar surface area (TPSA) is 62.3 Å². The van der Waals surface area contributed by atoms with E-state index in [1.54, 1.807) is 23.2 Å². The van der Waals surface area contributed by atoms with Crippen LogP contribution in [0.25, 0.3) is 0 Å². The van der Waals surface area contributed by atoms with Gasteiger partial charge in [-0.1, -0.05) is 36.4 Å². The van der Waals surface area contributed by atoms with Crippen LogP contribution in [0.4, 0.5) is 5.82 Å². The lowest BCUT2D eigenvalue weighted by Crippen LogP contribution is -2.30. The molecule has 2 heterocycles. The third-order valence-electron chi connectivity index (χ3n) is 4.19.